The normalized spacial score (nSPS) is 11.4. The molecule has 1 atom stereocenters. The Morgan fingerprint density at radius 3 is 2.39 bits per heavy atom. The van der Waals surface area contributed by atoms with Crippen molar-refractivity contribution in [1.29, 1.82) is 0 Å². The van der Waals surface area contributed by atoms with E-state index in [1.165, 1.54) is 4.90 Å². The van der Waals surface area contributed by atoms with Gasteiger partial charge in [-0.2, -0.15) is 0 Å². The molecule has 1 N–H and O–H groups in total. The molecule has 0 fully saturated rings. The van der Waals surface area contributed by atoms with Gasteiger partial charge in [0.15, 0.2) is 6.61 Å². The van der Waals surface area contributed by atoms with E-state index in [2.05, 4.69) is 10.3 Å². The van der Waals surface area contributed by atoms with Gasteiger partial charge in [-0.15, -0.1) is 0 Å². The third kappa shape index (κ3) is 6.55. The van der Waals surface area contributed by atoms with E-state index in [0.717, 1.165) is 11.1 Å². The second kappa shape index (κ2) is 11.1. The average molecular weight is 438 g/mol. The highest BCUT2D eigenvalue weighted by Crippen LogP contribution is 2.23. The number of nitrogens with one attached hydrogen (secondary N) is 1. The van der Waals surface area contributed by atoms with Gasteiger partial charge in [0.2, 0.25) is 5.91 Å². The average Bonchev–Trinajstić information content (AvgIpc) is 2.81. The lowest BCUT2D eigenvalue weighted by atomic mass is 10.1. The highest BCUT2D eigenvalue weighted by Gasteiger charge is 2.26. The predicted octanol–water partition coefficient (Wildman–Crippen LogP) is 3.85. The van der Waals surface area contributed by atoms with Crippen LogP contribution in [-0.4, -0.2) is 34.3 Å². The van der Waals surface area contributed by atoms with Crippen molar-refractivity contribution >= 4 is 23.4 Å². The molecule has 0 saturated heterocycles. The third-order valence-electron chi connectivity index (χ3n) is 4.77. The molecule has 3 aromatic rings. The number of ether oxygens (including phenoxy) is 1. The van der Waals surface area contributed by atoms with E-state index in [-0.39, 0.29) is 25.0 Å². The summed E-state index contributed by atoms with van der Waals surface area (Å²) in [6.45, 7) is 2.13. The first-order valence-electron chi connectivity index (χ1n) is 9.92. The van der Waals surface area contributed by atoms with Crippen LogP contribution in [-0.2, 0) is 22.7 Å². The predicted molar refractivity (Wildman–Crippen MR) is 119 cm³/mol. The van der Waals surface area contributed by atoms with Crippen LogP contribution in [0.1, 0.15) is 18.1 Å². The van der Waals surface area contributed by atoms with Crippen LogP contribution in [0.3, 0.4) is 0 Å². The van der Waals surface area contributed by atoms with E-state index >= 15 is 0 Å². The SMILES string of the molecule is CC(C(=O)NCc1ccncc1)N(Cc1ccccc1)C(=O)COc1ccccc1Cl. The number of benzene rings is 2. The first kappa shape index (κ1) is 22.3. The molecular formula is C24H24ClN3O3. The molecule has 0 aliphatic heterocycles. The number of carbonyl (C=O) groups is 2. The Labute approximate surface area is 186 Å². The fourth-order valence-electron chi connectivity index (χ4n) is 2.98. The van der Waals surface area contributed by atoms with Crippen LogP contribution < -0.4 is 10.1 Å². The first-order valence-corrected chi connectivity index (χ1v) is 10.3. The van der Waals surface area contributed by atoms with Crippen LogP contribution in [0.5, 0.6) is 5.75 Å². The number of amides is 2. The number of para-hydroxylation sites is 1. The fraction of sp³-hybridized carbons (Fsp3) is 0.208. The zero-order valence-corrected chi connectivity index (χ0v) is 18.0. The summed E-state index contributed by atoms with van der Waals surface area (Å²) in [5, 5.41) is 3.30. The molecule has 1 unspecified atom stereocenters. The molecule has 6 nitrogen and oxygen atoms in total. The Morgan fingerprint density at radius 1 is 1.00 bits per heavy atom. The maximum absolute atomic E-state index is 13.0. The molecule has 2 aromatic carbocycles. The zero-order chi connectivity index (χ0) is 22.1. The zero-order valence-electron chi connectivity index (χ0n) is 17.2. The Balaban J connectivity index is 1.69. The lowest BCUT2D eigenvalue weighted by Gasteiger charge is -2.28. The summed E-state index contributed by atoms with van der Waals surface area (Å²) in [4.78, 5) is 31.3. The van der Waals surface area contributed by atoms with Gasteiger partial charge in [-0.1, -0.05) is 54.1 Å². The monoisotopic (exact) mass is 437 g/mol. The summed E-state index contributed by atoms with van der Waals surface area (Å²) in [6, 6.07) is 19.4. The van der Waals surface area contributed by atoms with Crippen molar-refractivity contribution in [2.75, 3.05) is 6.61 Å². The molecule has 7 heteroatoms. The molecule has 0 aliphatic carbocycles. The molecule has 1 heterocycles. The van der Waals surface area contributed by atoms with Gasteiger partial charge < -0.3 is 15.0 Å². The van der Waals surface area contributed by atoms with Crippen LogP contribution in [0, 0.1) is 0 Å². The minimum Gasteiger partial charge on any atom is -0.482 e. The number of halogens is 1. The number of pyridine rings is 1. The molecule has 0 spiro atoms. The highest BCUT2D eigenvalue weighted by molar-refractivity contribution is 6.32. The summed E-state index contributed by atoms with van der Waals surface area (Å²) >= 11 is 6.11. The number of hydrogen-bond donors (Lipinski definition) is 1. The smallest absolute Gasteiger partial charge is 0.261 e. The summed E-state index contributed by atoms with van der Waals surface area (Å²) in [6.07, 6.45) is 3.34. The molecule has 0 aliphatic rings. The Hall–Kier alpha value is -3.38. The lowest BCUT2D eigenvalue weighted by Crippen LogP contribution is -2.48. The number of hydrogen-bond acceptors (Lipinski definition) is 4. The van der Waals surface area contributed by atoms with Gasteiger partial charge in [0.05, 0.1) is 5.02 Å². The van der Waals surface area contributed by atoms with Gasteiger partial charge in [0.25, 0.3) is 5.91 Å². The Morgan fingerprint density at radius 2 is 1.68 bits per heavy atom. The van der Waals surface area contributed by atoms with Crippen molar-refractivity contribution in [1.82, 2.24) is 15.2 Å². The molecule has 3 rings (SSSR count). The maximum Gasteiger partial charge on any atom is 0.261 e. The summed E-state index contributed by atoms with van der Waals surface area (Å²) < 4.78 is 5.61. The van der Waals surface area contributed by atoms with Crippen molar-refractivity contribution in [2.45, 2.75) is 26.1 Å². The molecular weight excluding hydrogens is 414 g/mol. The standard InChI is InChI=1S/C24H24ClN3O3/c1-18(24(30)27-15-19-11-13-26-14-12-19)28(16-20-7-3-2-4-8-20)23(29)17-31-22-10-6-5-9-21(22)25/h2-14,18H,15-17H2,1H3,(H,27,30). The molecule has 160 valence electrons. The van der Waals surface area contributed by atoms with Crippen LogP contribution in [0.4, 0.5) is 0 Å². The van der Waals surface area contributed by atoms with Crippen LogP contribution in [0.25, 0.3) is 0 Å². The maximum atomic E-state index is 13.0. The minimum atomic E-state index is -0.690. The van der Waals surface area contributed by atoms with Gasteiger partial charge in [0, 0.05) is 25.5 Å². The van der Waals surface area contributed by atoms with Crippen LogP contribution >= 0.6 is 11.6 Å². The van der Waals surface area contributed by atoms with Gasteiger partial charge >= 0.3 is 0 Å². The van der Waals surface area contributed by atoms with Gasteiger partial charge in [0.1, 0.15) is 11.8 Å². The largest absolute Gasteiger partial charge is 0.482 e. The molecule has 0 radical (unpaired) electrons. The molecule has 0 saturated carbocycles. The van der Waals surface area contributed by atoms with E-state index in [1.807, 2.05) is 42.5 Å². The Kier molecular flexibility index (Phi) is 8.01. The van der Waals surface area contributed by atoms with Crippen LogP contribution in [0.2, 0.25) is 5.02 Å². The first-order chi connectivity index (χ1) is 15.0. The van der Waals surface area contributed by atoms with E-state index in [4.69, 9.17) is 16.3 Å². The second-order valence-corrected chi connectivity index (χ2v) is 7.38. The van der Waals surface area contributed by atoms with E-state index in [0.29, 0.717) is 17.3 Å². The number of nitrogens with zero attached hydrogens (tertiary/aromatic N) is 2. The Bertz CT molecular complexity index is 999. The topological polar surface area (TPSA) is 71.5 Å². The molecule has 1 aromatic heterocycles. The lowest BCUT2D eigenvalue weighted by molar-refractivity contribution is -0.142. The minimum absolute atomic E-state index is 0.224. The molecule has 2 amide bonds. The number of carbonyl (C=O) groups excluding carboxylic acids is 2. The highest BCUT2D eigenvalue weighted by atomic mass is 35.5. The quantitative estimate of drug-likeness (QED) is 0.552. The van der Waals surface area contributed by atoms with Gasteiger partial charge in [-0.05, 0) is 42.3 Å². The van der Waals surface area contributed by atoms with Gasteiger partial charge in [-0.3, -0.25) is 14.6 Å². The second-order valence-electron chi connectivity index (χ2n) is 6.98. The molecule has 0 bridgehead atoms. The summed E-state index contributed by atoms with van der Waals surface area (Å²) in [7, 11) is 0. The van der Waals surface area contributed by atoms with E-state index < -0.39 is 6.04 Å². The van der Waals surface area contributed by atoms with Crippen molar-refractivity contribution in [2.24, 2.45) is 0 Å². The third-order valence-corrected chi connectivity index (χ3v) is 5.08. The van der Waals surface area contributed by atoms with Crippen molar-refractivity contribution in [3.05, 3.63) is 95.3 Å². The van der Waals surface area contributed by atoms with Gasteiger partial charge in [-0.25, -0.2) is 0 Å². The summed E-state index contributed by atoms with van der Waals surface area (Å²) in [5.41, 5.74) is 1.85. The van der Waals surface area contributed by atoms with Crippen molar-refractivity contribution < 1.29 is 14.3 Å². The summed E-state index contributed by atoms with van der Waals surface area (Å²) in [5.74, 6) is -0.138. The van der Waals surface area contributed by atoms with Crippen molar-refractivity contribution in [3.63, 3.8) is 0 Å². The van der Waals surface area contributed by atoms with E-state index in [9.17, 15) is 9.59 Å². The van der Waals surface area contributed by atoms with E-state index in [1.54, 1.807) is 43.6 Å². The number of aromatic nitrogens is 1. The van der Waals surface area contributed by atoms with Crippen molar-refractivity contribution in [3.8, 4) is 5.75 Å². The van der Waals surface area contributed by atoms with Crippen LogP contribution in [0.15, 0.2) is 79.1 Å². The number of rotatable bonds is 9. The molecule has 31 heavy (non-hydrogen) atoms. The fourth-order valence-corrected chi connectivity index (χ4v) is 3.17.